The van der Waals surface area contributed by atoms with E-state index in [2.05, 4.69) is 28.8 Å². The highest BCUT2D eigenvalue weighted by Gasteiger charge is 2.06. The number of nitrogens with zero attached hydrogens (tertiary/aromatic N) is 3. The number of hydrogen-bond acceptors (Lipinski definition) is 5. The molecule has 6 heteroatoms. The smallest absolute Gasteiger partial charge is 0.246 e. The third-order valence-electron chi connectivity index (χ3n) is 4.05. The van der Waals surface area contributed by atoms with Crippen LogP contribution in [0.2, 0.25) is 0 Å². The zero-order valence-electron chi connectivity index (χ0n) is 16.1. The van der Waals surface area contributed by atoms with Crippen LogP contribution in [0.25, 0.3) is 0 Å². The van der Waals surface area contributed by atoms with E-state index in [-0.39, 0.29) is 5.95 Å². The van der Waals surface area contributed by atoms with Crippen molar-refractivity contribution in [3.63, 3.8) is 0 Å². The van der Waals surface area contributed by atoms with Gasteiger partial charge in [-0.25, -0.2) is 0 Å². The Bertz CT molecular complexity index is 407. The molecule has 0 aliphatic carbocycles. The molecular formula is C19H35N4S2. The minimum Gasteiger partial charge on any atom is -0.265 e. The summed E-state index contributed by atoms with van der Waals surface area (Å²) in [6.45, 7) is 4.49. The topological polar surface area (TPSA) is 62.5 Å². The molecule has 0 fully saturated rings. The van der Waals surface area contributed by atoms with Crippen molar-refractivity contribution in [1.29, 1.82) is 0 Å². The Hall–Kier alpha value is -0.490. The van der Waals surface area contributed by atoms with Crippen molar-refractivity contribution in [3.05, 3.63) is 0 Å². The Balaban J connectivity index is 2.19. The van der Waals surface area contributed by atoms with Gasteiger partial charge in [0.2, 0.25) is 5.95 Å². The summed E-state index contributed by atoms with van der Waals surface area (Å²) in [5, 5.41) is 1.44. The van der Waals surface area contributed by atoms with E-state index in [1.165, 1.54) is 77.0 Å². The number of unbranched alkanes of at least 4 members (excludes halogenated alkanes) is 10. The van der Waals surface area contributed by atoms with E-state index in [0.29, 0.717) is 0 Å². The highest BCUT2D eigenvalue weighted by Crippen LogP contribution is 2.22. The summed E-state index contributed by atoms with van der Waals surface area (Å²) in [4.78, 5) is 12.8. The van der Waals surface area contributed by atoms with E-state index < -0.39 is 0 Å². The molecule has 1 rings (SSSR count). The summed E-state index contributed by atoms with van der Waals surface area (Å²) < 4.78 is 0. The summed E-state index contributed by atoms with van der Waals surface area (Å²) in [7, 11) is 0. The second-order valence-electron chi connectivity index (χ2n) is 6.46. The Labute approximate surface area is 163 Å². The van der Waals surface area contributed by atoms with Crippen molar-refractivity contribution < 1.29 is 0 Å². The highest BCUT2D eigenvalue weighted by molar-refractivity contribution is 7.99. The van der Waals surface area contributed by atoms with Crippen LogP contribution < -0.4 is 5.73 Å². The minimum atomic E-state index is 0.103. The maximum absolute atomic E-state index is 7.77. The average molecular weight is 384 g/mol. The average Bonchev–Trinajstić information content (AvgIpc) is 2.60. The standard InChI is InChI=1S/C19H35N4S2/c1-3-5-7-9-11-13-15-24-18-21-17(20)22-19(23-18)25-16-14-12-10-8-6-4-2/h20H,3-16H2,1-2H3. The molecule has 1 heterocycles. The molecule has 0 aliphatic rings. The van der Waals surface area contributed by atoms with Gasteiger partial charge < -0.3 is 0 Å². The highest BCUT2D eigenvalue weighted by atomic mass is 32.2. The maximum atomic E-state index is 7.77. The number of thioether (sulfide) groups is 2. The van der Waals surface area contributed by atoms with Gasteiger partial charge in [0.05, 0.1) is 0 Å². The molecule has 0 bridgehead atoms. The maximum Gasteiger partial charge on any atom is 0.246 e. The molecule has 1 N–H and O–H groups in total. The quantitative estimate of drug-likeness (QED) is 0.235. The molecule has 0 aliphatic heterocycles. The van der Waals surface area contributed by atoms with Gasteiger partial charge in [-0.05, 0) is 12.8 Å². The van der Waals surface area contributed by atoms with Gasteiger partial charge in [0.25, 0.3) is 0 Å². The van der Waals surface area contributed by atoms with Crippen LogP contribution in [0.5, 0.6) is 0 Å². The first-order valence-corrected chi connectivity index (χ1v) is 12.0. The molecule has 0 atom stereocenters. The van der Waals surface area contributed by atoms with Gasteiger partial charge in [-0.15, -0.1) is 0 Å². The van der Waals surface area contributed by atoms with Crippen molar-refractivity contribution in [2.24, 2.45) is 0 Å². The lowest BCUT2D eigenvalue weighted by Crippen LogP contribution is -1.97. The van der Waals surface area contributed by atoms with E-state index in [9.17, 15) is 0 Å². The predicted octanol–water partition coefficient (Wildman–Crippen LogP) is 6.69. The Morgan fingerprint density at radius 1 is 0.600 bits per heavy atom. The lowest BCUT2D eigenvalue weighted by Gasteiger charge is -2.05. The zero-order valence-corrected chi connectivity index (χ0v) is 17.7. The molecule has 0 spiro atoms. The molecule has 0 amide bonds. The largest absolute Gasteiger partial charge is 0.265 e. The molecule has 1 aromatic heterocycles. The Morgan fingerprint density at radius 3 is 1.44 bits per heavy atom. The van der Waals surface area contributed by atoms with Gasteiger partial charge in [-0.1, -0.05) is 102 Å². The molecule has 25 heavy (non-hydrogen) atoms. The predicted molar refractivity (Wildman–Crippen MR) is 111 cm³/mol. The van der Waals surface area contributed by atoms with Crippen molar-refractivity contribution in [3.8, 4) is 0 Å². The van der Waals surface area contributed by atoms with Crippen molar-refractivity contribution >= 4 is 29.5 Å². The number of hydrogen-bond donors (Lipinski definition) is 0. The number of rotatable bonds is 16. The van der Waals surface area contributed by atoms with Gasteiger partial charge in [-0.2, -0.15) is 15.0 Å². The fourth-order valence-electron chi connectivity index (χ4n) is 2.56. The second kappa shape index (κ2) is 15.7. The van der Waals surface area contributed by atoms with Crippen LogP contribution in [0.1, 0.15) is 90.9 Å². The Kier molecular flexibility index (Phi) is 14.2. The third-order valence-corrected chi connectivity index (χ3v) is 5.92. The summed E-state index contributed by atoms with van der Waals surface area (Å²) >= 11 is 3.34. The van der Waals surface area contributed by atoms with E-state index in [1.807, 2.05) is 0 Å². The fourth-order valence-corrected chi connectivity index (χ4v) is 4.28. The SMILES string of the molecule is CCCCCCCCSc1nc([NH])nc(SCCCCCCCC)n1. The van der Waals surface area contributed by atoms with Crippen LogP contribution in [0.15, 0.2) is 10.3 Å². The summed E-state index contributed by atoms with van der Waals surface area (Å²) in [5.41, 5.74) is 7.77. The van der Waals surface area contributed by atoms with Gasteiger partial charge in [0.1, 0.15) is 0 Å². The second-order valence-corrected chi connectivity index (χ2v) is 8.58. The van der Waals surface area contributed by atoms with Crippen LogP contribution >= 0.6 is 23.5 Å². The summed E-state index contributed by atoms with van der Waals surface area (Å²) in [5.74, 6) is 2.18. The van der Waals surface area contributed by atoms with Crippen LogP contribution in [-0.2, 0) is 0 Å². The normalized spacial score (nSPS) is 11.1. The first-order valence-electron chi connectivity index (χ1n) is 9.99. The lowest BCUT2D eigenvalue weighted by molar-refractivity contribution is 0.626. The number of nitrogens with one attached hydrogen (secondary N) is 1. The molecule has 143 valence electrons. The first kappa shape index (κ1) is 22.6. The minimum absolute atomic E-state index is 0.103. The molecular weight excluding hydrogens is 348 g/mol. The van der Waals surface area contributed by atoms with Gasteiger partial charge in [-0.3, -0.25) is 5.73 Å². The van der Waals surface area contributed by atoms with Crippen molar-refractivity contribution in [1.82, 2.24) is 20.7 Å². The lowest BCUT2D eigenvalue weighted by atomic mass is 10.1. The molecule has 0 unspecified atom stereocenters. The monoisotopic (exact) mass is 383 g/mol. The van der Waals surface area contributed by atoms with E-state index in [4.69, 9.17) is 5.73 Å². The van der Waals surface area contributed by atoms with Crippen LogP contribution in [0.3, 0.4) is 0 Å². The van der Waals surface area contributed by atoms with E-state index >= 15 is 0 Å². The van der Waals surface area contributed by atoms with Gasteiger partial charge >= 0.3 is 0 Å². The number of aromatic nitrogens is 3. The molecule has 0 saturated heterocycles. The van der Waals surface area contributed by atoms with E-state index in [0.717, 1.165) is 21.8 Å². The Morgan fingerprint density at radius 2 is 1.00 bits per heavy atom. The van der Waals surface area contributed by atoms with Crippen molar-refractivity contribution in [2.45, 2.75) is 101 Å². The van der Waals surface area contributed by atoms with Crippen LogP contribution in [0.4, 0.5) is 5.95 Å². The van der Waals surface area contributed by atoms with E-state index in [1.54, 1.807) is 23.5 Å². The van der Waals surface area contributed by atoms with Crippen LogP contribution in [-0.4, -0.2) is 26.5 Å². The first-order chi connectivity index (χ1) is 12.3. The van der Waals surface area contributed by atoms with Gasteiger partial charge in [0, 0.05) is 11.5 Å². The third kappa shape index (κ3) is 12.5. The van der Waals surface area contributed by atoms with Crippen molar-refractivity contribution in [2.75, 3.05) is 11.5 Å². The summed E-state index contributed by atoms with van der Waals surface area (Å²) in [6, 6.07) is 0. The molecule has 0 aromatic carbocycles. The molecule has 1 aromatic rings. The molecule has 0 saturated carbocycles. The summed E-state index contributed by atoms with van der Waals surface area (Å²) in [6.07, 6.45) is 15.6. The van der Waals surface area contributed by atoms with Gasteiger partial charge in [0.15, 0.2) is 10.3 Å². The molecule has 4 nitrogen and oxygen atoms in total. The molecule has 1 radical (unpaired) electrons. The fraction of sp³-hybridized carbons (Fsp3) is 0.842. The zero-order chi connectivity index (χ0) is 18.2. The van der Waals surface area contributed by atoms with Crippen LogP contribution in [0, 0.1) is 0 Å².